The first-order valence-electron chi connectivity index (χ1n) is 8.28. The van der Waals surface area contributed by atoms with Crippen LogP contribution in [0.1, 0.15) is 21.5 Å². The number of hydrogen-bond acceptors (Lipinski definition) is 1. The quantitative estimate of drug-likeness (QED) is 0.903. The molecule has 1 aliphatic rings. The van der Waals surface area contributed by atoms with Crippen LogP contribution in [0.2, 0.25) is 0 Å². The van der Waals surface area contributed by atoms with Crippen molar-refractivity contribution in [2.24, 2.45) is 0 Å². The zero-order valence-electron chi connectivity index (χ0n) is 13.7. The topological polar surface area (TPSA) is 24.8 Å². The van der Waals surface area contributed by atoms with Gasteiger partial charge in [-0.05, 0) is 18.2 Å². The minimum Gasteiger partial charge on any atom is -0.328 e. The van der Waals surface area contributed by atoms with Gasteiger partial charge in [-0.25, -0.2) is 0 Å². The lowest BCUT2D eigenvalue weighted by molar-refractivity contribution is -0.917. The number of rotatable bonds is 3. The number of carbonyl (C=O) groups is 1. The Balaban J connectivity index is 1.61. The molecular formula is C19H20F3N2O+. The van der Waals surface area contributed by atoms with Gasteiger partial charge in [-0.1, -0.05) is 36.4 Å². The lowest BCUT2D eigenvalue weighted by atomic mass is 10.1. The smallest absolute Gasteiger partial charge is 0.328 e. The molecule has 2 aromatic carbocycles. The Bertz CT molecular complexity index is 723. The van der Waals surface area contributed by atoms with Gasteiger partial charge in [0.25, 0.3) is 5.91 Å². The van der Waals surface area contributed by atoms with Crippen LogP contribution >= 0.6 is 0 Å². The van der Waals surface area contributed by atoms with Crippen LogP contribution in [0.25, 0.3) is 0 Å². The minimum atomic E-state index is -4.33. The third-order valence-electron chi connectivity index (χ3n) is 4.54. The van der Waals surface area contributed by atoms with E-state index >= 15 is 0 Å². The molecule has 1 amide bonds. The van der Waals surface area contributed by atoms with Crippen LogP contribution in [0.4, 0.5) is 13.2 Å². The second-order valence-corrected chi connectivity index (χ2v) is 6.24. The third kappa shape index (κ3) is 4.20. The van der Waals surface area contributed by atoms with E-state index in [0.717, 1.165) is 11.0 Å². The molecule has 1 heterocycles. The Morgan fingerprint density at radius 1 is 0.960 bits per heavy atom. The molecule has 0 bridgehead atoms. The second kappa shape index (κ2) is 7.27. The van der Waals surface area contributed by atoms with E-state index in [1.807, 2.05) is 18.2 Å². The van der Waals surface area contributed by atoms with Crippen molar-refractivity contribution in [2.45, 2.75) is 12.7 Å². The maximum atomic E-state index is 13.1. The maximum Gasteiger partial charge on any atom is 0.416 e. The Morgan fingerprint density at radius 3 is 2.20 bits per heavy atom. The van der Waals surface area contributed by atoms with Gasteiger partial charge in [-0.15, -0.1) is 0 Å². The summed E-state index contributed by atoms with van der Waals surface area (Å²) >= 11 is 0. The molecule has 0 saturated carbocycles. The molecule has 3 nitrogen and oxygen atoms in total. The van der Waals surface area contributed by atoms with Crippen molar-refractivity contribution < 1.29 is 22.9 Å². The van der Waals surface area contributed by atoms with Crippen LogP contribution in [0, 0.1) is 0 Å². The number of piperazine rings is 1. The van der Waals surface area contributed by atoms with Crippen LogP contribution in [0.5, 0.6) is 0 Å². The van der Waals surface area contributed by atoms with Crippen molar-refractivity contribution in [1.29, 1.82) is 0 Å². The molecule has 1 aliphatic heterocycles. The number of hydrogen-bond donors (Lipinski definition) is 1. The van der Waals surface area contributed by atoms with Gasteiger partial charge in [-0.2, -0.15) is 13.2 Å². The normalized spacial score (nSPS) is 16.0. The summed E-state index contributed by atoms with van der Waals surface area (Å²) in [4.78, 5) is 15.3. The highest BCUT2D eigenvalue weighted by molar-refractivity contribution is 5.94. The van der Waals surface area contributed by atoms with Crippen LogP contribution in [0.3, 0.4) is 0 Å². The van der Waals surface area contributed by atoms with E-state index in [1.165, 1.54) is 12.1 Å². The minimum absolute atomic E-state index is 0.0182. The average molecular weight is 349 g/mol. The highest BCUT2D eigenvalue weighted by atomic mass is 19.4. The monoisotopic (exact) mass is 349 g/mol. The van der Waals surface area contributed by atoms with E-state index in [0.29, 0.717) is 43.9 Å². The number of alkyl halides is 3. The molecule has 0 aromatic heterocycles. The van der Waals surface area contributed by atoms with Gasteiger partial charge in [0, 0.05) is 11.1 Å². The van der Waals surface area contributed by atoms with Crippen molar-refractivity contribution in [3.63, 3.8) is 0 Å². The zero-order chi connectivity index (χ0) is 17.9. The van der Waals surface area contributed by atoms with Gasteiger partial charge in [0.05, 0.1) is 31.7 Å². The van der Waals surface area contributed by atoms with Gasteiger partial charge >= 0.3 is 6.18 Å². The van der Waals surface area contributed by atoms with Crippen LogP contribution in [0.15, 0.2) is 54.6 Å². The predicted molar refractivity (Wildman–Crippen MR) is 88.2 cm³/mol. The zero-order valence-corrected chi connectivity index (χ0v) is 13.7. The first kappa shape index (κ1) is 17.5. The standard InChI is InChI=1S/C19H19F3N2O/c20-19(21,22)17-9-5-4-8-16(17)14-23-10-12-24(13-11-23)18(25)15-6-2-1-3-7-15/h1-9H,10-14H2/p+1. The number of nitrogens with zero attached hydrogens (tertiary/aromatic N) is 1. The lowest BCUT2D eigenvalue weighted by Gasteiger charge is -2.32. The Kier molecular flexibility index (Phi) is 5.08. The number of amides is 1. The van der Waals surface area contributed by atoms with Crippen LogP contribution in [-0.2, 0) is 12.7 Å². The molecule has 6 heteroatoms. The van der Waals surface area contributed by atoms with E-state index in [4.69, 9.17) is 0 Å². The van der Waals surface area contributed by atoms with Crippen molar-refractivity contribution in [3.8, 4) is 0 Å². The predicted octanol–water partition coefficient (Wildman–Crippen LogP) is 2.25. The van der Waals surface area contributed by atoms with Crippen molar-refractivity contribution in [2.75, 3.05) is 26.2 Å². The average Bonchev–Trinajstić information content (AvgIpc) is 2.62. The number of quaternary nitrogens is 1. The number of carbonyl (C=O) groups excluding carboxylic acids is 1. The van der Waals surface area contributed by atoms with Crippen molar-refractivity contribution >= 4 is 5.91 Å². The molecule has 1 N–H and O–H groups in total. The van der Waals surface area contributed by atoms with E-state index in [1.54, 1.807) is 23.1 Å². The van der Waals surface area contributed by atoms with Crippen molar-refractivity contribution in [3.05, 3.63) is 71.3 Å². The summed E-state index contributed by atoms with van der Waals surface area (Å²) in [7, 11) is 0. The van der Waals surface area contributed by atoms with Crippen LogP contribution in [-0.4, -0.2) is 37.0 Å². The summed E-state index contributed by atoms with van der Waals surface area (Å²) in [5, 5.41) is 0. The van der Waals surface area contributed by atoms with Gasteiger partial charge < -0.3 is 9.80 Å². The Hall–Kier alpha value is -2.34. The summed E-state index contributed by atoms with van der Waals surface area (Å²) in [6, 6.07) is 14.8. The second-order valence-electron chi connectivity index (χ2n) is 6.24. The Morgan fingerprint density at radius 2 is 1.56 bits per heavy atom. The molecule has 0 unspecified atom stereocenters. The van der Waals surface area contributed by atoms with Gasteiger partial charge in [0.1, 0.15) is 6.54 Å². The molecule has 0 atom stereocenters. The highest BCUT2D eigenvalue weighted by Crippen LogP contribution is 2.31. The van der Waals surface area contributed by atoms with E-state index < -0.39 is 11.7 Å². The number of halogens is 3. The van der Waals surface area contributed by atoms with E-state index in [-0.39, 0.29) is 5.91 Å². The van der Waals surface area contributed by atoms with Gasteiger partial charge in [0.2, 0.25) is 0 Å². The summed E-state index contributed by atoms with van der Waals surface area (Å²) in [5.41, 5.74) is 0.395. The summed E-state index contributed by atoms with van der Waals surface area (Å²) in [6.07, 6.45) is -4.33. The molecule has 0 aliphatic carbocycles. The first-order valence-corrected chi connectivity index (χ1v) is 8.28. The SMILES string of the molecule is O=C(c1ccccc1)N1CC[NH+](Cc2ccccc2C(F)(F)F)CC1. The van der Waals surface area contributed by atoms with E-state index in [2.05, 4.69) is 0 Å². The molecule has 3 rings (SSSR count). The lowest BCUT2D eigenvalue weighted by Crippen LogP contribution is -3.13. The fraction of sp³-hybridized carbons (Fsp3) is 0.316. The molecule has 0 spiro atoms. The van der Waals surface area contributed by atoms with Crippen molar-refractivity contribution in [1.82, 2.24) is 4.90 Å². The van der Waals surface area contributed by atoms with Gasteiger partial charge in [-0.3, -0.25) is 4.79 Å². The Labute approximate surface area is 144 Å². The third-order valence-corrected chi connectivity index (χ3v) is 4.54. The largest absolute Gasteiger partial charge is 0.416 e. The van der Waals surface area contributed by atoms with Crippen LogP contribution < -0.4 is 4.90 Å². The molecular weight excluding hydrogens is 329 g/mol. The maximum absolute atomic E-state index is 13.1. The number of benzene rings is 2. The molecule has 2 aromatic rings. The molecule has 1 saturated heterocycles. The summed E-state index contributed by atoms with van der Waals surface area (Å²) in [5.74, 6) is -0.0182. The number of nitrogens with one attached hydrogen (secondary N) is 1. The summed E-state index contributed by atoms with van der Waals surface area (Å²) < 4.78 is 39.3. The molecule has 25 heavy (non-hydrogen) atoms. The van der Waals surface area contributed by atoms with Gasteiger partial charge in [0.15, 0.2) is 0 Å². The highest BCUT2D eigenvalue weighted by Gasteiger charge is 2.34. The molecule has 132 valence electrons. The fourth-order valence-corrected chi connectivity index (χ4v) is 3.19. The molecule has 1 fully saturated rings. The fourth-order valence-electron chi connectivity index (χ4n) is 3.19. The van der Waals surface area contributed by atoms with E-state index in [9.17, 15) is 18.0 Å². The summed E-state index contributed by atoms with van der Waals surface area (Å²) in [6.45, 7) is 2.72. The first-order chi connectivity index (χ1) is 11.9. The molecule has 0 radical (unpaired) electrons.